The van der Waals surface area contributed by atoms with Gasteiger partial charge in [0.25, 0.3) is 0 Å². The highest BCUT2D eigenvalue weighted by atomic mass is 19.1. The largest absolute Gasteiger partial charge is 0.309 e. The Morgan fingerprint density at radius 1 is 1.24 bits per heavy atom. The number of amides is 1. The van der Waals surface area contributed by atoms with E-state index in [1.807, 2.05) is 0 Å². The van der Waals surface area contributed by atoms with Gasteiger partial charge in [0.1, 0.15) is 5.82 Å². The molecule has 0 fully saturated rings. The molecule has 1 amide bonds. The summed E-state index contributed by atoms with van der Waals surface area (Å²) in [6.45, 7) is 1.39. The normalized spacial score (nSPS) is 10.0. The van der Waals surface area contributed by atoms with E-state index >= 15 is 0 Å². The predicted molar refractivity (Wildman–Crippen MR) is 61.7 cm³/mol. The van der Waals surface area contributed by atoms with Crippen molar-refractivity contribution in [1.82, 2.24) is 10.2 Å². The number of hydrogen-bond donors (Lipinski definition) is 1. The van der Waals surface area contributed by atoms with Crippen molar-refractivity contribution in [3.05, 3.63) is 42.2 Å². The van der Waals surface area contributed by atoms with Gasteiger partial charge in [0.05, 0.1) is 5.69 Å². The third kappa shape index (κ3) is 2.84. The first-order valence-electron chi connectivity index (χ1n) is 5.02. The van der Waals surface area contributed by atoms with Gasteiger partial charge in [0.15, 0.2) is 5.82 Å². The van der Waals surface area contributed by atoms with Gasteiger partial charge in [-0.3, -0.25) is 4.79 Å². The molecule has 0 saturated heterocycles. The molecular weight excluding hydrogens is 221 g/mol. The molecule has 5 heteroatoms. The van der Waals surface area contributed by atoms with Crippen LogP contribution in [0.3, 0.4) is 0 Å². The van der Waals surface area contributed by atoms with Crippen LogP contribution in [-0.4, -0.2) is 16.1 Å². The van der Waals surface area contributed by atoms with Gasteiger partial charge in [-0.15, -0.1) is 10.2 Å². The summed E-state index contributed by atoms with van der Waals surface area (Å²) in [6.07, 6.45) is 0. The number of nitrogens with zero attached hydrogens (tertiary/aromatic N) is 2. The lowest BCUT2D eigenvalue weighted by molar-refractivity contribution is -0.114. The molecule has 0 aliphatic carbocycles. The first-order valence-corrected chi connectivity index (χ1v) is 5.02. The average Bonchev–Trinajstić information content (AvgIpc) is 2.29. The molecule has 1 aromatic heterocycles. The van der Waals surface area contributed by atoms with Crippen molar-refractivity contribution in [2.75, 3.05) is 5.32 Å². The number of aromatic nitrogens is 2. The Kier molecular flexibility index (Phi) is 3.09. The highest BCUT2D eigenvalue weighted by molar-refractivity contribution is 5.87. The van der Waals surface area contributed by atoms with Crippen LogP contribution in [0.2, 0.25) is 0 Å². The highest BCUT2D eigenvalue weighted by Gasteiger charge is 2.02. The number of hydrogen-bond acceptors (Lipinski definition) is 3. The summed E-state index contributed by atoms with van der Waals surface area (Å²) in [5.74, 6) is -0.161. The molecule has 86 valence electrons. The summed E-state index contributed by atoms with van der Waals surface area (Å²) < 4.78 is 13.0. The van der Waals surface area contributed by atoms with Crippen molar-refractivity contribution in [2.24, 2.45) is 0 Å². The molecule has 17 heavy (non-hydrogen) atoms. The van der Waals surface area contributed by atoms with Crippen molar-refractivity contribution < 1.29 is 9.18 Å². The molecule has 1 N–H and O–H groups in total. The Hall–Kier alpha value is -2.30. The topological polar surface area (TPSA) is 54.9 Å². The fourth-order valence-corrected chi connectivity index (χ4v) is 1.38. The van der Waals surface area contributed by atoms with Gasteiger partial charge >= 0.3 is 0 Å². The van der Waals surface area contributed by atoms with Gasteiger partial charge in [0.2, 0.25) is 5.91 Å². The van der Waals surface area contributed by atoms with Crippen LogP contribution in [0.1, 0.15) is 6.92 Å². The number of halogens is 1. The third-order valence-corrected chi connectivity index (χ3v) is 2.09. The second kappa shape index (κ2) is 4.69. The first kappa shape index (κ1) is 11.2. The van der Waals surface area contributed by atoms with E-state index in [1.165, 1.54) is 19.1 Å². The number of benzene rings is 1. The second-order valence-corrected chi connectivity index (χ2v) is 3.50. The van der Waals surface area contributed by atoms with Gasteiger partial charge < -0.3 is 5.32 Å². The summed E-state index contributed by atoms with van der Waals surface area (Å²) in [7, 11) is 0. The van der Waals surface area contributed by atoms with Crippen LogP contribution in [-0.2, 0) is 4.79 Å². The van der Waals surface area contributed by atoms with Gasteiger partial charge in [-0.05, 0) is 24.3 Å². The number of anilines is 1. The van der Waals surface area contributed by atoms with E-state index in [1.54, 1.807) is 24.3 Å². The summed E-state index contributed by atoms with van der Waals surface area (Å²) >= 11 is 0. The number of carbonyl (C=O) groups is 1. The SMILES string of the molecule is CC(=O)Nc1ccc(-c2cccc(F)c2)nn1. The van der Waals surface area contributed by atoms with Crippen LogP contribution in [0.5, 0.6) is 0 Å². The van der Waals surface area contributed by atoms with Gasteiger partial charge in [0, 0.05) is 12.5 Å². The number of rotatable bonds is 2. The monoisotopic (exact) mass is 231 g/mol. The average molecular weight is 231 g/mol. The zero-order valence-corrected chi connectivity index (χ0v) is 9.14. The van der Waals surface area contributed by atoms with Crippen LogP contribution < -0.4 is 5.32 Å². The van der Waals surface area contributed by atoms with E-state index in [4.69, 9.17) is 0 Å². The van der Waals surface area contributed by atoms with Crippen molar-refractivity contribution in [3.63, 3.8) is 0 Å². The molecule has 1 aromatic carbocycles. The molecule has 2 aromatic rings. The highest BCUT2D eigenvalue weighted by Crippen LogP contribution is 2.17. The van der Waals surface area contributed by atoms with E-state index in [9.17, 15) is 9.18 Å². The molecule has 0 aliphatic rings. The lowest BCUT2D eigenvalue weighted by Crippen LogP contribution is -2.08. The predicted octanol–water partition coefficient (Wildman–Crippen LogP) is 2.24. The Bertz CT molecular complexity index is 540. The van der Waals surface area contributed by atoms with Gasteiger partial charge in [-0.2, -0.15) is 0 Å². The molecule has 1 heterocycles. The van der Waals surface area contributed by atoms with E-state index in [2.05, 4.69) is 15.5 Å². The molecule has 0 bridgehead atoms. The van der Waals surface area contributed by atoms with Crippen LogP contribution in [0, 0.1) is 5.82 Å². The molecular formula is C12H10FN3O. The molecule has 4 nitrogen and oxygen atoms in total. The molecule has 2 rings (SSSR count). The van der Waals surface area contributed by atoms with Gasteiger partial charge in [-0.25, -0.2) is 4.39 Å². The van der Waals surface area contributed by atoms with E-state index in [-0.39, 0.29) is 11.7 Å². The summed E-state index contributed by atoms with van der Waals surface area (Å²) in [6, 6.07) is 9.38. The van der Waals surface area contributed by atoms with E-state index in [0.29, 0.717) is 17.1 Å². The van der Waals surface area contributed by atoms with Crippen molar-refractivity contribution >= 4 is 11.7 Å². The van der Waals surface area contributed by atoms with Crippen LogP contribution in [0.4, 0.5) is 10.2 Å². The third-order valence-electron chi connectivity index (χ3n) is 2.09. The van der Waals surface area contributed by atoms with E-state index < -0.39 is 0 Å². The number of nitrogens with one attached hydrogen (secondary N) is 1. The minimum absolute atomic E-state index is 0.210. The Labute approximate surface area is 97.5 Å². The Balaban J connectivity index is 2.26. The van der Waals surface area contributed by atoms with Crippen molar-refractivity contribution in [2.45, 2.75) is 6.92 Å². The summed E-state index contributed by atoms with van der Waals surface area (Å²) in [5, 5.41) is 10.2. The molecule has 0 spiro atoms. The van der Waals surface area contributed by atoms with Crippen LogP contribution >= 0.6 is 0 Å². The lowest BCUT2D eigenvalue weighted by atomic mass is 10.1. The van der Waals surface area contributed by atoms with Crippen molar-refractivity contribution in [1.29, 1.82) is 0 Å². The molecule has 0 atom stereocenters. The fourth-order valence-electron chi connectivity index (χ4n) is 1.38. The Morgan fingerprint density at radius 3 is 2.65 bits per heavy atom. The minimum Gasteiger partial charge on any atom is -0.309 e. The lowest BCUT2D eigenvalue weighted by Gasteiger charge is -2.02. The van der Waals surface area contributed by atoms with Gasteiger partial charge in [-0.1, -0.05) is 12.1 Å². The van der Waals surface area contributed by atoms with Crippen molar-refractivity contribution in [3.8, 4) is 11.3 Å². The number of carbonyl (C=O) groups excluding carboxylic acids is 1. The maximum atomic E-state index is 13.0. The quantitative estimate of drug-likeness (QED) is 0.862. The summed E-state index contributed by atoms with van der Waals surface area (Å²) in [4.78, 5) is 10.8. The maximum absolute atomic E-state index is 13.0. The summed E-state index contributed by atoms with van der Waals surface area (Å²) in [5.41, 5.74) is 1.20. The minimum atomic E-state index is -0.324. The second-order valence-electron chi connectivity index (χ2n) is 3.50. The van der Waals surface area contributed by atoms with E-state index in [0.717, 1.165) is 0 Å². The maximum Gasteiger partial charge on any atom is 0.222 e. The molecule has 0 aliphatic heterocycles. The van der Waals surface area contributed by atoms with Crippen LogP contribution in [0.15, 0.2) is 36.4 Å². The zero-order valence-electron chi connectivity index (χ0n) is 9.14. The molecule has 0 unspecified atom stereocenters. The standard InChI is InChI=1S/C12H10FN3O/c1-8(17)14-12-6-5-11(15-16-12)9-3-2-4-10(13)7-9/h2-7H,1H3,(H,14,16,17). The first-order chi connectivity index (χ1) is 8.15. The van der Waals surface area contributed by atoms with Crippen LogP contribution in [0.25, 0.3) is 11.3 Å². The zero-order chi connectivity index (χ0) is 12.3. The Morgan fingerprint density at radius 2 is 2.06 bits per heavy atom. The molecule has 0 saturated carbocycles. The fraction of sp³-hybridized carbons (Fsp3) is 0.0833. The molecule has 0 radical (unpaired) electrons. The smallest absolute Gasteiger partial charge is 0.222 e.